The summed E-state index contributed by atoms with van der Waals surface area (Å²) in [6.07, 6.45) is 0. The summed E-state index contributed by atoms with van der Waals surface area (Å²) in [6.45, 7) is 8.60. The summed E-state index contributed by atoms with van der Waals surface area (Å²) >= 11 is 0. The molecule has 152 valence electrons. The number of rotatable bonds is 6. The molecule has 0 aromatic heterocycles. The number of hydrogen-bond acceptors (Lipinski definition) is 2. The van der Waals surface area contributed by atoms with Gasteiger partial charge in [0.1, 0.15) is 0 Å². The highest BCUT2D eigenvalue weighted by atomic mass is 127. The van der Waals surface area contributed by atoms with Crippen molar-refractivity contribution >= 4 is 47.3 Å². The van der Waals surface area contributed by atoms with Crippen molar-refractivity contribution in [2.24, 2.45) is 10.7 Å². The van der Waals surface area contributed by atoms with E-state index in [9.17, 15) is 4.79 Å². The van der Waals surface area contributed by atoms with Crippen LogP contribution in [0, 0.1) is 0 Å². The van der Waals surface area contributed by atoms with E-state index in [0.29, 0.717) is 18.4 Å². The van der Waals surface area contributed by atoms with E-state index in [1.54, 1.807) is 0 Å². The molecule has 0 radical (unpaired) electrons. The van der Waals surface area contributed by atoms with Crippen LogP contribution in [0.3, 0.4) is 0 Å². The molecule has 0 bridgehead atoms. The molecule has 0 saturated carbocycles. The van der Waals surface area contributed by atoms with Gasteiger partial charge in [0.2, 0.25) is 0 Å². The monoisotopic (exact) mass is 495 g/mol. The van der Waals surface area contributed by atoms with Gasteiger partial charge in [-0.15, -0.1) is 24.0 Å². The first-order chi connectivity index (χ1) is 12.8. The molecule has 0 spiro atoms. The molecule has 5 N–H and O–H groups in total. The molecule has 0 aliphatic carbocycles. The smallest absolute Gasteiger partial charge is 0.319 e. The average Bonchev–Trinajstić information content (AvgIpc) is 2.60. The second-order valence-corrected chi connectivity index (χ2v) is 7.06. The van der Waals surface area contributed by atoms with Crippen LogP contribution >= 0.6 is 24.0 Å². The van der Waals surface area contributed by atoms with Crippen LogP contribution in [0.4, 0.5) is 16.2 Å². The first-order valence-electron chi connectivity index (χ1n) is 9.17. The number of hydrogen-bond donors (Lipinski definition) is 4. The normalized spacial score (nSPS) is 11.1. The zero-order chi connectivity index (χ0) is 19.8. The number of anilines is 2. The Balaban J connectivity index is 0.00000392. The Morgan fingerprint density at radius 2 is 1.68 bits per heavy atom. The van der Waals surface area contributed by atoms with Crippen LogP contribution in [0.2, 0.25) is 0 Å². The Bertz CT molecular complexity index is 788. The van der Waals surface area contributed by atoms with Crippen LogP contribution in [0.15, 0.2) is 53.5 Å². The van der Waals surface area contributed by atoms with Crippen molar-refractivity contribution in [3.05, 3.63) is 59.7 Å². The Labute approximate surface area is 184 Å². The number of carbonyl (C=O) groups is 1. The highest BCUT2D eigenvalue weighted by molar-refractivity contribution is 14.0. The van der Waals surface area contributed by atoms with Crippen molar-refractivity contribution in [3.8, 4) is 0 Å². The molecule has 6 nitrogen and oxygen atoms in total. The Kier molecular flexibility index (Phi) is 9.78. The van der Waals surface area contributed by atoms with Crippen LogP contribution in [0.25, 0.3) is 0 Å². The summed E-state index contributed by atoms with van der Waals surface area (Å²) in [5, 5.41) is 8.70. The lowest BCUT2D eigenvalue weighted by atomic mass is 10.0. The molecule has 28 heavy (non-hydrogen) atoms. The van der Waals surface area contributed by atoms with Gasteiger partial charge >= 0.3 is 6.03 Å². The van der Waals surface area contributed by atoms with E-state index in [1.165, 1.54) is 5.56 Å². The molecule has 2 amide bonds. The Morgan fingerprint density at radius 3 is 2.29 bits per heavy atom. The lowest BCUT2D eigenvalue weighted by Gasteiger charge is -2.11. The Morgan fingerprint density at radius 1 is 1.00 bits per heavy atom. The number of nitrogens with zero attached hydrogens (tertiary/aromatic N) is 1. The summed E-state index contributed by atoms with van der Waals surface area (Å²) in [5.41, 5.74) is 9.91. The van der Waals surface area contributed by atoms with Gasteiger partial charge in [0.05, 0.1) is 6.54 Å². The minimum Gasteiger partial charge on any atom is -0.370 e. The van der Waals surface area contributed by atoms with Gasteiger partial charge in [0.25, 0.3) is 0 Å². The molecule has 0 aliphatic heterocycles. The minimum atomic E-state index is -0.215. The molecular weight excluding hydrogens is 465 g/mol. The molecule has 0 unspecified atom stereocenters. The number of aliphatic imine (C=N–C) groups is 1. The molecule has 2 aromatic rings. The largest absolute Gasteiger partial charge is 0.370 e. The quantitative estimate of drug-likeness (QED) is 0.262. The summed E-state index contributed by atoms with van der Waals surface area (Å²) in [4.78, 5) is 16.1. The fourth-order valence-electron chi connectivity index (χ4n) is 2.46. The predicted octanol–water partition coefficient (Wildman–Crippen LogP) is 4.88. The molecule has 2 aromatic carbocycles. The van der Waals surface area contributed by atoms with Crippen molar-refractivity contribution in [1.29, 1.82) is 0 Å². The van der Waals surface area contributed by atoms with Gasteiger partial charge in [-0.05, 0) is 55.2 Å². The van der Waals surface area contributed by atoms with Crippen LogP contribution < -0.4 is 21.7 Å². The molecule has 0 atom stereocenters. The fourth-order valence-corrected chi connectivity index (χ4v) is 2.46. The first kappa shape index (κ1) is 23.7. The van der Waals surface area contributed by atoms with Gasteiger partial charge in [-0.2, -0.15) is 0 Å². The zero-order valence-corrected chi connectivity index (χ0v) is 19.2. The maximum Gasteiger partial charge on any atom is 0.319 e. The highest BCUT2D eigenvalue weighted by Crippen LogP contribution is 2.18. The highest BCUT2D eigenvalue weighted by Gasteiger charge is 2.04. The second kappa shape index (κ2) is 11.5. The second-order valence-electron chi connectivity index (χ2n) is 7.06. The fraction of sp³-hybridized carbons (Fsp3) is 0.333. The third-order valence-corrected chi connectivity index (χ3v) is 3.89. The van der Waals surface area contributed by atoms with Crippen LogP contribution in [0.5, 0.6) is 0 Å². The molecule has 0 heterocycles. The van der Waals surface area contributed by atoms with Crippen molar-refractivity contribution < 1.29 is 4.79 Å². The van der Waals surface area contributed by atoms with E-state index >= 15 is 0 Å². The number of nitrogens with two attached hydrogens (primary N) is 1. The number of amides is 2. The number of nitrogens with one attached hydrogen (secondary N) is 3. The predicted molar refractivity (Wildman–Crippen MR) is 129 cm³/mol. The van der Waals surface area contributed by atoms with E-state index in [1.807, 2.05) is 50.2 Å². The third kappa shape index (κ3) is 8.16. The van der Waals surface area contributed by atoms with Gasteiger partial charge < -0.3 is 21.7 Å². The van der Waals surface area contributed by atoms with Gasteiger partial charge in [-0.25, -0.2) is 9.79 Å². The Hall–Kier alpha value is -2.29. The van der Waals surface area contributed by atoms with E-state index in [2.05, 4.69) is 46.9 Å². The van der Waals surface area contributed by atoms with E-state index in [-0.39, 0.29) is 36.0 Å². The van der Waals surface area contributed by atoms with Crippen LogP contribution in [-0.2, 0) is 6.54 Å². The topological polar surface area (TPSA) is 91.5 Å². The van der Waals surface area contributed by atoms with Crippen molar-refractivity contribution in [3.63, 3.8) is 0 Å². The minimum absolute atomic E-state index is 0. The van der Waals surface area contributed by atoms with Gasteiger partial charge in [0, 0.05) is 17.4 Å². The maximum atomic E-state index is 11.7. The number of urea groups is 1. The summed E-state index contributed by atoms with van der Waals surface area (Å²) in [6, 6.07) is 15.6. The van der Waals surface area contributed by atoms with Crippen molar-refractivity contribution in [2.75, 3.05) is 10.6 Å². The number of halogens is 1. The number of guanidine groups is 1. The summed E-state index contributed by atoms with van der Waals surface area (Å²) in [7, 11) is 0. The van der Waals surface area contributed by atoms with Gasteiger partial charge in [-0.3, -0.25) is 0 Å². The number of benzene rings is 2. The lowest BCUT2D eigenvalue weighted by molar-refractivity contribution is 0.250. The maximum absolute atomic E-state index is 11.7. The van der Waals surface area contributed by atoms with Crippen LogP contribution in [-0.4, -0.2) is 18.0 Å². The molecular formula is C21H30IN5O. The average molecular weight is 495 g/mol. The third-order valence-electron chi connectivity index (χ3n) is 3.89. The molecule has 0 fully saturated rings. The van der Waals surface area contributed by atoms with Crippen LogP contribution in [0.1, 0.15) is 44.7 Å². The van der Waals surface area contributed by atoms with Crippen molar-refractivity contribution in [1.82, 2.24) is 5.32 Å². The molecule has 2 rings (SSSR count). The lowest BCUT2D eigenvalue weighted by Crippen LogP contribution is -2.34. The summed E-state index contributed by atoms with van der Waals surface area (Å²) < 4.78 is 0. The SMILES string of the molecule is CC(C)NC(=O)Nc1ccc(CN=C(N)Nc2cccc(C(C)C)c2)cc1.I. The van der Waals surface area contributed by atoms with Crippen molar-refractivity contribution in [2.45, 2.75) is 46.2 Å². The van der Waals surface area contributed by atoms with Gasteiger partial charge in [0.15, 0.2) is 5.96 Å². The summed E-state index contributed by atoms with van der Waals surface area (Å²) in [5.74, 6) is 0.828. The van der Waals surface area contributed by atoms with E-state index in [4.69, 9.17) is 5.73 Å². The zero-order valence-electron chi connectivity index (χ0n) is 16.8. The molecule has 7 heteroatoms. The number of carbonyl (C=O) groups excluding carboxylic acids is 1. The standard InChI is InChI=1S/C21H29N5O.HI/c1-14(2)17-6-5-7-19(12-17)25-20(22)23-13-16-8-10-18(11-9-16)26-21(27)24-15(3)4;/h5-12,14-15H,13H2,1-4H3,(H3,22,23,25)(H2,24,26,27);1H. The van der Waals surface area contributed by atoms with E-state index in [0.717, 1.165) is 16.9 Å². The first-order valence-corrected chi connectivity index (χ1v) is 9.17. The van der Waals surface area contributed by atoms with E-state index < -0.39 is 0 Å². The molecule has 0 aliphatic rings. The molecule has 0 saturated heterocycles. The van der Waals surface area contributed by atoms with Gasteiger partial charge in [-0.1, -0.05) is 38.1 Å².